The first-order chi connectivity index (χ1) is 15.6. The number of furan rings is 1. The first-order valence-electron chi connectivity index (χ1n) is 10.3. The average Bonchev–Trinajstić information content (AvgIpc) is 3.51. The number of amides is 1. The first kappa shape index (κ1) is 20.1. The van der Waals surface area contributed by atoms with E-state index in [0.29, 0.717) is 18.1 Å². The van der Waals surface area contributed by atoms with E-state index >= 15 is 0 Å². The molecule has 4 heterocycles. The number of carbonyl (C=O) groups is 1. The number of ether oxygens (including phenoxy) is 1. The van der Waals surface area contributed by atoms with Gasteiger partial charge in [-0.15, -0.1) is 0 Å². The molecular formula is C22H21FN6O3. The molecule has 0 unspecified atom stereocenters. The summed E-state index contributed by atoms with van der Waals surface area (Å²) in [5.41, 5.74) is 1.41. The fraction of sp³-hybridized carbons (Fsp3) is 0.273. The third-order valence-electron chi connectivity index (χ3n) is 5.42. The molecule has 32 heavy (non-hydrogen) atoms. The summed E-state index contributed by atoms with van der Waals surface area (Å²) in [6, 6.07) is 6.18. The van der Waals surface area contributed by atoms with Gasteiger partial charge in [-0.3, -0.25) is 19.6 Å². The van der Waals surface area contributed by atoms with E-state index in [0.717, 1.165) is 18.4 Å². The Morgan fingerprint density at radius 1 is 1.34 bits per heavy atom. The highest BCUT2D eigenvalue weighted by atomic mass is 19.1. The molecule has 0 atom stereocenters. The Morgan fingerprint density at radius 2 is 2.22 bits per heavy atom. The quantitative estimate of drug-likeness (QED) is 0.452. The Morgan fingerprint density at radius 3 is 2.97 bits per heavy atom. The van der Waals surface area contributed by atoms with E-state index in [9.17, 15) is 9.18 Å². The summed E-state index contributed by atoms with van der Waals surface area (Å²) < 4.78 is 27.5. The van der Waals surface area contributed by atoms with Gasteiger partial charge in [-0.05, 0) is 44.0 Å². The minimum Gasteiger partial charge on any atom is -0.451 e. The maximum absolute atomic E-state index is 14.5. The van der Waals surface area contributed by atoms with E-state index < -0.39 is 11.7 Å². The summed E-state index contributed by atoms with van der Waals surface area (Å²) in [4.78, 5) is 17.0. The van der Waals surface area contributed by atoms with Gasteiger partial charge in [0.25, 0.3) is 5.91 Å². The molecule has 1 aliphatic rings. The molecule has 4 aromatic heterocycles. The van der Waals surface area contributed by atoms with Gasteiger partial charge in [-0.2, -0.15) is 10.2 Å². The predicted molar refractivity (Wildman–Crippen MR) is 113 cm³/mol. The largest absolute Gasteiger partial charge is 0.451 e. The third kappa shape index (κ3) is 3.80. The van der Waals surface area contributed by atoms with Gasteiger partial charge < -0.3 is 14.5 Å². The molecule has 0 radical (unpaired) electrons. The Hall–Kier alpha value is -3.79. The average molecular weight is 436 g/mol. The molecule has 5 rings (SSSR count). The third-order valence-corrected chi connectivity index (χ3v) is 5.42. The fourth-order valence-electron chi connectivity index (χ4n) is 3.72. The monoisotopic (exact) mass is 436 g/mol. The summed E-state index contributed by atoms with van der Waals surface area (Å²) in [6.07, 6.45) is 8.25. The molecule has 1 saturated carbocycles. The van der Waals surface area contributed by atoms with Crippen molar-refractivity contribution in [3.63, 3.8) is 0 Å². The van der Waals surface area contributed by atoms with Gasteiger partial charge in [0.05, 0.1) is 29.6 Å². The zero-order valence-electron chi connectivity index (χ0n) is 17.3. The van der Waals surface area contributed by atoms with Crippen molar-refractivity contribution in [3.05, 3.63) is 60.6 Å². The summed E-state index contributed by atoms with van der Waals surface area (Å²) >= 11 is 0. The molecule has 0 saturated heterocycles. The SMILES string of the molecule is CCOC1CC(n2cc(NC(=O)c3ccc(-c4cn[nH]c4)o3)c(-c3ncccc3F)n2)C1. The summed E-state index contributed by atoms with van der Waals surface area (Å²) in [5, 5.41) is 13.9. The van der Waals surface area contributed by atoms with Crippen LogP contribution in [-0.4, -0.2) is 43.6 Å². The molecular weight excluding hydrogens is 415 g/mol. The number of nitrogens with one attached hydrogen (secondary N) is 2. The fourth-order valence-corrected chi connectivity index (χ4v) is 3.72. The van der Waals surface area contributed by atoms with Crippen molar-refractivity contribution in [1.82, 2.24) is 25.0 Å². The van der Waals surface area contributed by atoms with Gasteiger partial charge >= 0.3 is 0 Å². The lowest BCUT2D eigenvalue weighted by atomic mass is 9.89. The Labute approximate surface area is 182 Å². The molecule has 0 bridgehead atoms. The second kappa shape index (κ2) is 8.39. The molecule has 10 heteroatoms. The van der Waals surface area contributed by atoms with Crippen LogP contribution in [0.15, 0.2) is 53.5 Å². The number of nitrogens with zero attached hydrogens (tertiary/aromatic N) is 4. The molecule has 1 aliphatic carbocycles. The number of halogens is 1. The number of aromatic nitrogens is 5. The number of carbonyl (C=O) groups excluding carboxylic acids is 1. The molecule has 0 aliphatic heterocycles. The zero-order valence-corrected chi connectivity index (χ0v) is 17.3. The van der Waals surface area contributed by atoms with Gasteiger partial charge in [0, 0.05) is 25.2 Å². The highest BCUT2D eigenvalue weighted by Crippen LogP contribution is 2.37. The van der Waals surface area contributed by atoms with Gasteiger partial charge in [-0.25, -0.2) is 4.39 Å². The van der Waals surface area contributed by atoms with E-state index in [1.807, 2.05) is 6.92 Å². The van der Waals surface area contributed by atoms with Crippen LogP contribution >= 0.6 is 0 Å². The van der Waals surface area contributed by atoms with Gasteiger partial charge in [0.15, 0.2) is 11.6 Å². The van der Waals surface area contributed by atoms with Crippen molar-refractivity contribution in [2.45, 2.75) is 31.9 Å². The molecule has 9 nitrogen and oxygen atoms in total. The molecule has 1 amide bonds. The standard InChI is InChI=1S/C22H21FN6O3/c1-2-31-15-8-14(9-15)29-12-17(21(28-29)20-16(23)4-3-7-24-20)27-22(30)19-6-5-18(32-19)13-10-25-26-11-13/h3-7,10-12,14-15H,2,8-9H2,1H3,(H,25,26)(H,27,30). The van der Waals surface area contributed by atoms with Crippen molar-refractivity contribution in [2.24, 2.45) is 0 Å². The van der Waals surface area contributed by atoms with Crippen LogP contribution < -0.4 is 5.32 Å². The van der Waals surface area contributed by atoms with Crippen molar-refractivity contribution in [3.8, 4) is 22.7 Å². The maximum atomic E-state index is 14.5. The van der Waals surface area contributed by atoms with Crippen LogP contribution in [-0.2, 0) is 4.74 Å². The van der Waals surface area contributed by atoms with E-state index in [2.05, 4.69) is 25.6 Å². The minimum absolute atomic E-state index is 0.0702. The lowest BCUT2D eigenvalue weighted by molar-refractivity contribution is -0.0226. The van der Waals surface area contributed by atoms with Crippen LogP contribution in [0.5, 0.6) is 0 Å². The maximum Gasteiger partial charge on any atom is 0.291 e. The van der Waals surface area contributed by atoms with E-state index in [1.54, 1.807) is 35.4 Å². The highest BCUT2D eigenvalue weighted by molar-refractivity contribution is 6.04. The Balaban J connectivity index is 1.42. The summed E-state index contributed by atoms with van der Waals surface area (Å²) in [7, 11) is 0. The zero-order chi connectivity index (χ0) is 22.1. The summed E-state index contributed by atoms with van der Waals surface area (Å²) in [6.45, 7) is 2.62. The van der Waals surface area contributed by atoms with E-state index in [1.165, 1.54) is 18.3 Å². The van der Waals surface area contributed by atoms with E-state index in [-0.39, 0.29) is 29.3 Å². The van der Waals surface area contributed by atoms with Crippen LogP contribution in [0.1, 0.15) is 36.4 Å². The van der Waals surface area contributed by atoms with Crippen LogP contribution in [0.25, 0.3) is 22.7 Å². The lowest BCUT2D eigenvalue weighted by Crippen LogP contribution is -2.33. The lowest BCUT2D eigenvalue weighted by Gasteiger charge is -2.34. The first-order valence-corrected chi connectivity index (χ1v) is 10.3. The van der Waals surface area contributed by atoms with Crippen LogP contribution in [0, 0.1) is 5.82 Å². The molecule has 1 fully saturated rings. The highest BCUT2D eigenvalue weighted by Gasteiger charge is 2.33. The number of hydrogen-bond donors (Lipinski definition) is 2. The van der Waals surface area contributed by atoms with Crippen LogP contribution in [0.3, 0.4) is 0 Å². The number of H-pyrrole nitrogens is 1. The number of rotatable bonds is 7. The van der Waals surface area contributed by atoms with E-state index in [4.69, 9.17) is 9.15 Å². The second-order valence-electron chi connectivity index (χ2n) is 7.51. The van der Waals surface area contributed by atoms with Crippen LogP contribution in [0.2, 0.25) is 0 Å². The van der Waals surface area contributed by atoms with Crippen molar-refractivity contribution < 1.29 is 18.3 Å². The number of pyridine rings is 1. The molecule has 0 spiro atoms. The molecule has 164 valence electrons. The number of hydrogen-bond acceptors (Lipinski definition) is 6. The van der Waals surface area contributed by atoms with Crippen molar-refractivity contribution in [2.75, 3.05) is 11.9 Å². The van der Waals surface area contributed by atoms with Gasteiger partial charge in [0.1, 0.15) is 17.1 Å². The number of anilines is 1. The van der Waals surface area contributed by atoms with Crippen LogP contribution in [0.4, 0.5) is 10.1 Å². The minimum atomic E-state index is -0.519. The smallest absolute Gasteiger partial charge is 0.291 e. The van der Waals surface area contributed by atoms with Gasteiger partial charge in [0.2, 0.25) is 0 Å². The topological polar surface area (TPSA) is 111 Å². The normalized spacial score (nSPS) is 17.8. The molecule has 4 aromatic rings. The molecule has 2 N–H and O–H groups in total. The Kier molecular flexibility index (Phi) is 5.28. The Bertz CT molecular complexity index is 1230. The van der Waals surface area contributed by atoms with Crippen molar-refractivity contribution >= 4 is 11.6 Å². The molecule has 0 aromatic carbocycles. The predicted octanol–water partition coefficient (Wildman–Crippen LogP) is 4.06. The van der Waals surface area contributed by atoms with Gasteiger partial charge in [-0.1, -0.05) is 0 Å². The van der Waals surface area contributed by atoms with Crippen molar-refractivity contribution in [1.29, 1.82) is 0 Å². The summed E-state index contributed by atoms with van der Waals surface area (Å²) in [5.74, 6) is -0.375. The second-order valence-corrected chi connectivity index (χ2v) is 7.51. The number of aromatic amines is 1.